The molecule has 1 saturated heterocycles. The number of hydrogen-bond donors (Lipinski definition) is 1. The standard InChI is InChI=1S/C18H23N3O4S/c1-14-5-9-20(10-6-14)18(23)15-3-2-4-16(13-15)26(24,25)21-11-7-17(22)19-8-12-21/h2-5,13H,6-12H2,1H3,(H,19,22). The fraction of sp³-hybridized carbons (Fsp3) is 0.444. The molecule has 1 aromatic carbocycles. The number of nitrogens with zero attached hydrogens (tertiary/aromatic N) is 2. The Labute approximate surface area is 153 Å². The Morgan fingerprint density at radius 3 is 2.69 bits per heavy atom. The van der Waals surface area contributed by atoms with Crippen molar-refractivity contribution in [1.82, 2.24) is 14.5 Å². The lowest BCUT2D eigenvalue weighted by Crippen LogP contribution is -2.35. The van der Waals surface area contributed by atoms with Crippen molar-refractivity contribution in [2.24, 2.45) is 0 Å². The second-order valence-electron chi connectivity index (χ2n) is 6.58. The number of nitrogens with one attached hydrogen (secondary N) is 1. The zero-order valence-corrected chi connectivity index (χ0v) is 15.6. The summed E-state index contributed by atoms with van der Waals surface area (Å²) in [6.07, 6.45) is 2.99. The number of hydrogen-bond acceptors (Lipinski definition) is 4. The van der Waals surface area contributed by atoms with Gasteiger partial charge in [-0.25, -0.2) is 8.42 Å². The van der Waals surface area contributed by atoms with Crippen LogP contribution in [0.15, 0.2) is 40.8 Å². The molecule has 0 aromatic heterocycles. The molecule has 0 radical (unpaired) electrons. The summed E-state index contributed by atoms with van der Waals surface area (Å²) in [7, 11) is -3.75. The lowest BCUT2D eigenvalue weighted by atomic mass is 10.1. The van der Waals surface area contributed by atoms with Crippen molar-refractivity contribution in [2.45, 2.75) is 24.7 Å². The van der Waals surface area contributed by atoms with Gasteiger partial charge in [0.05, 0.1) is 4.90 Å². The largest absolute Gasteiger partial charge is 0.355 e. The minimum absolute atomic E-state index is 0.0847. The van der Waals surface area contributed by atoms with Crippen LogP contribution < -0.4 is 5.32 Å². The molecule has 1 fully saturated rings. The Hall–Kier alpha value is -2.19. The van der Waals surface area contributed by atoms with Crippen LogP contribution in [0.5, 0.6) is 0 Å². The van der Waals surface area contributed by atoms with Gasteiger partial charge in [-0.2, -0.15) is 4.31 Å². The molecule has 8 heteroatoms. The Balaban J connectivity index is 1.82. The van der Waals surface area contributed by atoms with Crippen LogP contribution in [-0.2, 0) is 14.8 Å². The summed E-state index contributed by atoms with van der Waals surface area (Å²) in [5.74, 6) is -0.321. The lowest BCUT2D eigenvalue weighted by molar-refractivity contribution is -0.120. The van der Waals surface area contributed by atoms with Gasteiger partial charge in [0.15, 0.2) is 0 Å². The molecule has 2 aliphatic rings. The number of rotatable bonds is 3. The topological polar surface area (TPSA) is 86.8 Å². The third-order valence-electron chi connectivity index (χ3n) is 4.71. The third-order valence-corrected chi connectivity index (χ3v) is 6.61. The van der Waals surface area contributed by atoms with Crippen molar-refractivity contribution in [3.63, 3.8) is 0 Å². The Morgan fingerprint density at radius 2 is 1.96 bits per heavy atom. The van der Waals surface area contributed by atoms with Crippen molar-refractivity contribution in [3.8, 4) is 0 Å². The van der Waals surface area contributed by atoms with Gasteiger partial charge in [0.25, 0.3) is 5.91 Å². The van der Waals surface area contributed by atoms with Crippen LogP contribution in [0.2, 0.25) is 0 Å². The van der Waals surface area contributed by atoms with Crippen molar-refractivity contribution < 1.29 is 18.0 Å². The molecule has 0 saturated carbocycles. The molecule has 0 spiro atoms. The highest BCUT2D eigenvalue weighted by atomic mass is 32.2. The van der Waals surface area contributed by atoms with Crippen LogP contribution in [0.25, 0.3) is 0 Å². The fourth-order valence-electron chi connectivity index (χ4n) is 3.06. The summed E-state index contributed by atoms with van der Waals surface area (Å²) < 4.78 is 27.1. The molecule has 0 aliphatic carbocycles. The molecule has 26 heavy (non-hydrogen) atoms. The first kappa shape index (κ1) is 18.6. The van der Waals surface area contributed by atoms with E-state index >= 15 is 0 Å². The summed E-state index contributed by atoms with van der Waals surface area (Å²) in [5, 5.41) is 2.66. The molecule has 1 N–H and O–H groups in total. The normalized spacial score (nSPS) is 19.5. The summed E-state index contributed by atoms with van der Waals surface area (Å²) in [6.45, 7) is 3.87. The number of carbonyl (C=O) groups excluding carboxylic acids is 2. The van der Waals surface area contributed by atoms with Crippen LogP contribution in [0.4, 0.5) is 0 Å². The van der Waals surface area contributed by atoms with Gasteiger partial charge in [-0.1, -0.05) is 17.7 Å². The molecule has 7 nitrogen and oxygen atoms in total. The molecule has 140 valence electrons. The predicted molar refractivity (Wildman–Crippen MR) is 97.1 cm³/mol. The van der Waals surface area contributed by atoms with E-state index in [1.807, 2.05) is 13.0 Å². The highest BCUT2D eigenvalue weighted by molar-refractivity contribution is 7.89. The van der Waals surface area contributed by atoms with Crippen molar-refractivity contribution in [2.75, 3.05) is 32.7 Å². The maximum absolute atomic E-state index is 12.9. The van der Waals surface area contributed by atoms with Crippen molar-refractivity contribution >= 4 is 21.8 Å². The Kier molecular flexibility index (Phi) is 5.43. The molecular formula is C18H23N3O4S. The summed E-state index contributed by atoms with van der Waals surface area (Å²) in [5.41, 5.74) is 1.62. The first-order valence-electron chi connectivity index (χ1n) is 8.70. The first-order valence-corrected chi connectivity index (χ1v) is 10.1. The number of benzene rings is 1. The Morgan fingerprint density at radius 1 is 1.15 bits per heavy atom. The monoisotopic (exact) mass is 377 g/mol. The molecule has 2 aliphatic heterocycles. The van der Waals surface area contributed by atoms with Crippen LogP contribution in [0.1, 0.15) is 30.1 Å². The third kappa shape index (κ3) is 3.96. The average molecular weight is 377 g/mol. The Bertz CT molecular complexity index is 848. The smallest absolute Gasteiger partial charge is 0.254 e. The van der Waals surface area contributed by atoms with E-state index in [0.717, 1.165) is 6.42 Å². The quantitative estimate of drug-likeness (QED) is 0.796. The van der Waals surface area contributed by atoms with Gasteiger partial charge in [-0.05, 0) is 31.5 Å². The summed E-state index contributed by atoms with van der Waals surface area (Å²) >= 11 is 0. The zero-order valence-electron chi connectivity index (χ0n) is 14.8. The van der Waals surface area contributed by atoms with E-state index in [-0.39, 0.29) is 42.8 Å². The van der Waals surface area contributed by atoms with E-state index < -0.39 is 10.0 Å². The van der Waals surface area contributed by atoms with Crippen LogP contribution >= 0.6 is 0 Å². The van der Waals surface area contributed by atoms with E-state index in [4.69, 9.17) is 0 Å². The maximum atomic E-state index is 12.9. The molecule has 0 bridgehead atoms. The van der Waals surface area contributed by atoms with E-state index in [2.05, 4.69) is 5.32 Å². The van der Waals surface area contributed by atoms with Gasteiger partial charge < -0.3 is 10.2 Å². The van der Waals surface area contributed by atoms with E-state index in [0.29, 0.717) is 18.7 Å². The maximum Gasteiger partial charge on any atom is 0.254 e. The van der Waals surface area contributed by atoms with E-state index in [9.17, 15) is 18.0 Å². The zero-order chi connectivity index (χ0) is 18.7. The molecule has 1 aromatic rings. The van der Waals surface area contributed by atoms with Gasteiger partial charge in [0.2, 0.25) is 15.9 Å². The van der Waals surface area contributed by atoms with Gasteiger partial charge in [-0.15, -0.1) is 0 Å². The van der Waals surface area contributed by atoms with Crippen LogP contribution in [-0.4, -0.2) is 62.2 Å². The van der Waals surface area contributed by atoms with Crippen molar-refractivity contribution in [3.05, 3.63) is 41.5 Å². The van der Waals surface area contributed by atoms with Gasteiger partial charge in [-0.3, -0.25) is 9.59 Å². The minimum atomic E-state index is -3.75. The van der Waals surface area contributed by atoms with Gasteiger partial charge in [0, 0.05) is 44.7 Å². The number of amides is 2. The second-order valence-corrected chi connectivity index (χ2v) is 8.52. The molecule has 3 rings (SSSR count). The van der Waals surface area contributed by atoms with Crippen LogP contribution in [0, 0.1) is 0 Å². The highest BCUT2D eigenvalue weighted by Gasteiger charge is 2.28. The minimum Gasteiger partial charge on any atom is -0.355 e. The van der Waals surface area contributed by atoms with Crippen LogP contribution in [0.3, 0.4) is 0 Å². The van der Waals surface area contributed by atoms with E-state index in [1.165, 1.54) is 22.0 Å². The van der Waals surface area contributed by atoms with E-state index in [1.54, 1.807) is 17.0 Å². The molecular weight excluding hydrogens is 354 g/mol. The first-order chi connectivity index (χ1) is 12.4. The predicted octanol–water partition coefficient (Wildman–Crippen LogP) is 0.989. The van der Waals surface area contributed by atoms with Gasteiger partial charge >= 0.3 is 0 Å². The molecule has 2 amide bonds. The number of carbonyl (C=O) groups is 2. The molecule has 0 unspecified atom stereocenters. The van der Waals surface area contributed by atoms with Gasteiger partial charge in [0.1, 0.15) is 0 Å². The molecule has 0 atom stereocenters. The summed E-state index contributed by atoms with van der Waals surface area (Å²) in [6, 6.07) is 6.15. The fourth-order valence-corrected chi connectivity index (χ4v) is 4.55. The second kappa shape index (κ2) is 7.59. The average Bonchev–Trinajstić information content (AvgIpc) is 2.87. The lowest BCUT2D eigenvalue weighted by Gasteiger charge is -2.26. The highest BCUT2D eigenvalue weighted by Crippen LogP contribution is 2.20. The van der Waals surface area contributed by atoms with Crippen molar-refractivity contribution in [1.29, 1.82) is 0 Å². The SMILES string of the molecule is CC1=CCN(C(=O)c2cccc(S(=O)(=O)N3CCNC(=O)CC3)c2)CC1. The number of sulfonamides is 1. The molecule has 2 heterocycles. The summed E-state index contributed by atoms with van der Waals surface area (Å²) in [4.78, 5) is 25.9.